The Bertz CT molecular complexity index is 1450. The molecular formula is C32H32N2O5. The molecule has 1 saturated carbocycles. The van der Waals surface area contributed by atoms with Gasteiger partial charge in [-0.3, -0.25) is 10.1 Å². The van der Waals surface area contributed by atoms with Crippen LogP contribution in [-0.4, -0.2) is 30.4 Å². The minimum atomic E-state index is -0.553. The molecule has 4 aromatic rings. The zero-order valence-corrected chi connectivity index (χ0v) is 22.5. The van der Waals surface area contributed by atoms with Crippen LogP contribution >= 0.6 is 0 Å². The Morgan fingerprint density at radius 1 is 0.872 bits per heavy atom. The molecule has 0 unspecified atom stereocenters. The number of esters is 1. The number of ether oxygens (including phenoxy) is 2. The maximum atomic E-state index is 12.5. The fourth-order valence-corrected chi connectivity index (χ4v) is 4.67. The molecule has 7 nitrogen and oxygen atoms in total. The molecule has 0 aliphatic heterocycles. The van der Waals surface area contributed by atoms with Crippen LogP contribution in [0.3, 0.4) is 0 Å². The summed E-state index contributed by atoms with van der Waals surface area (Å²) in [6.45, 7) is 6.30. The molecule has 1 amide bonds. The zero-order valence-electron chi connectivity index (χ0n) is 22.5. The lowest BCUT2D eigenvalue weighted by molar-refractivity contribution is -0.146. The van der Waals surface area contributed by atoms with Crippen molar-refractivity contribution < 1.29 is 23.6 Å². The smallest absolute Gasteiger partial charge is 0.411 e. The number of hydrogen-bond acceptors (Lipinski definition) is 6. The van der Waals surface area contributed by atoms with Gasteiger partial charge >= 0.3 is 12.1 Å². The Balaban J connectivity index is 1.23. The highest BCUT2D eigenvalue weighted by atomic mass is 16.5. The fourth-order valence-electron chi connectivity index (χ4n) is 4.67. The summed E-state index contributed by atoms with van der Waals surface area (Å²) in [4.78, 5) is 24.9. The number of benzene rings is 3. The highest BCUT2D eigenvalue weighted by Gasteiger charge is 2.52. The fraction of sp³-hybridized carbons (Fsp3) is 0.281. The number of nitrogens with one attached hydrogen (secondary N) is 1. The predicted octanol–water partition coefficient (Wildman–Crippen LogP) is 7.01. The molecule has 1 aliphatic rings. The van der Waals surface area contributed by atoms with E-state index in [1.54, 1.807) is 6.92 Å². The van der Waals surface area contributed by atoms with Crippen LogP contribution in [0, 0.1) is 13.8 Å². The van der Waals surface area contributed by atoms with Gasteiger partial charge in [0.05, 0.1) is 18.6 Å². The summed E-state index contributed by atoms with van der Waals surface area (Å²) in [5, 5.41) is 6.83. The van der Waals surface area contributed by atoms with Crippen molar-refractivity contribution in [3.63, 3.8) is 0 Å². The third-order valence-corrected chi connectivity index (χ3v) is 7.17. The second-order valence-corrected chi connectivity index (χ2v) is 9.93. The van der Waals surface area contributed by atoms with E-state index in [2.05, 4.69) is 10.5 Å². The van der Waals surface area contributed by atoms with E-state index >= 15 is 0 Å². The normalized spacial score (nSPS) is 13.5. The number of anilines is 1. The van der Waals surface area contributed by atoms with Crippen LogP contribution in [-0.2, 0) is 26.1 Å². The van der Waals surface area contributed by atoms with E-state index in [1.807, 2.05) is 86.6 Å². The quantitative estimate of drug-likeness (QED) is 0.237. The summed E-state index contributed by atoms with van der Waals surface area (Å²) in [6.07, 6.45) is 1.73. The molecule has 0 atom stereocenters. The Labute approximate surface area is 228 Å². The van der Waals surface area contributed by atoms with Gasteiger partial charge in [0.15, 0.2) is 5.76 Å². The highest BCUT2D eigenvalue weighted by Crippen LogP contribution is 2.49. The molecular weight excluding hydrogens is 492 g/mol. The molecule has 5 rings (SSSR count). The van der Waals surface area contributed by atoms with Crippen molar-refractivity contribution in [2.24, 2.45) is 0 Å². The molecule has 1 aliphatic carbocycles. The van der Waals surface area contributed by atoms with E-state index in [4.69, 9.17) is 14.0 Å². The molecule has 1 N–H and O–H groups in total. The summed E-state index contributed by atoms with van der Waals surface area (Å²) in [6, 6.07) is 24.1. The molecule has 0 radical (unpaired) electrons. The lowest BCUT2D eigenvalue weighted by Gasteiger charge is -2.14. The van der Waals surface area contributed by atoms with E-state index < -0.39 is 11.5 Å². The van der Waals surface area contributed by atoms with Crippen molar-refractivity contribution in [1.82, 2.24) is 5.16 Å². The van der Waals surface area contributed by atoms with Crippen LogP contribution in [0.1, 0.15) is 42.1 Å². The van der Waals surface area contributed by atoms with Crippen LogP contribution in [0.5, 0.6) is 0 Å². The Hall–Kier alpha value is -4.39. The first-order chi connectivity index (χ1) is 18.9. The Morgan fingerprint density at radius 2 is 1.49 bits per heavy atom. The highest BCUT2D eigenvalue weighted by molar-refractivity contribution is 5.91. The van der Waals surface area contributed by atoms with Gasteiger partial charge in [-0.15, -0.1) is 0 Å². The van der Waals surface area contributed by atoms with Gasteiger partial charge in [-0.25, -0.2) is 4.79 Å². The number of hydrogen-bond donors (Lipinski definition) is 1. The topological polar surface area (TPSA) is 90.7 Å². The van der Waals surface area contributed by atoms with Crippen molar-refractivity contribution in [1.29, 1.82) is 0 Å². The lowest BCUT2D eigenvalue weighted by atomic mass is 9.93. The second-order valence-electron chi connectivity index (χ2n) is 9.93. The monoisotopic (exact) mass is 524 g/mol. The predicted molar refractivity (Wildman–Crippen MR) is 150 cm³/mol. The Kier molecular flexibility index (Phi) is 7.50. The summed E-state index contributed by atoms with van der Waals surface area (Å²) in [5.74, 6) is 0.332. The molecule has 1 fully saturated rings. The van der Waals surface area contributed by atoms with Gasteiger partial charge in [0, 0.05) is 12.0 Å². The van der Waals surface area contributed by atoms with Gasteiger partial charge in [-0.1, -0.05) is 83.5 Å². The molecule has 0 bridgehead atoms. The third-order valence-electron chi connectivity index (χ3n) is 7.17. The van der Waals surface area contributed by atoms with Crippen LogP contribution in [0.4, 0.5) is 10.5 Å². The van der Waals surface area contributed by atoms with E-state index in [9.17, 15) is 9.59 Å². The standard InChI is InChI=1S/C32H32N2O5/c1-4-37-30(35)32(18-19-32)27-15-13-25(14-16-27)24-9-11-26(12-10-24)29-28(22(3)34-39-29)33-31(36)38-20-17-23-7-5-21(2)6-8-23/h5-16H,4,17-20H2,1-3H3,(H,33,36). The molecule has 7 heteroatoms. The minimum Gasteiger partial charge on any atom is -0.465 e. The van der Waals surface area contributed by atoms with Crippen molar-refractivity contribution >= 4 is 17.7 Å². The minimum absolute atomic E-state index is 0.135. The average Bonchev–Trinajstić information content (AvgIpc) is 3.69. The van der Waals surface area contributed by atoms with Crippen LogP contribution < -0.4 is 5.32 Å². The lowest BCUT2D eigenvalue weighted by Crippen LogP contribution is -2.23. The van der Waals surface area contributed by atoms with Gasteiger partial charge in [0.25, 0.3) is 0 Å². The van der Waals surface area contributed by atoms with Crippen molar-refractivity contribution in [3.8, 4) is 22.5 Å². The number of aromatic nitrogens is 1. The first-order valence-electron chi connectivity index (χ1n) is 13.2. The molecule has 39 heavy (non-hydrogen) atoms. The average molecular weight is 525 g/mol. The van der Waals surface area contributed by atoms with E-state index in [-0.39, 0.29) is 12.6 Å². The number of nitrogens with zero attached hydrogens (tertiary/aromatic N) is 1. The van der Waals surface area contributed by atoms with Gasteiger partial charge in [-0.05, 0) is 55.9 Å². The van der Waals surface area contributed by atoms with Crippen molar-refractivity contribution in [2.45, 2.75) is 45.4 Å². The van der Waals surface area contributed by atoms with Crippen LogP contribution in [0.2, 0.25) is 0 Å². The van der Waals surface area contributed by atoms with E-state index in [0.29, 0.717) is 30.2 Å². The first kappa shape index (κ1) is 26.2. The van der Waals surface area contributed by atoms with E-state index in [0.717, 1.165) is 40.7 Å². The summed E-state index contributed by atoms with van der Waals surface area (Å²) >= 11 is 0. The maximum absolute atomic E-state index is 12.5. The largest absolute Gasteiger partial charge is 0.465 e. The Morgan fingerprint density at radius 3 is 2.10 bits per heavy atom. The molecule has 1 aromatic heterocycles. The van der Waals surface area contributed by atoms with Gasteiger partial charge in [0.2, 0.25) is 0 Å². The molecule has 0 saturated heterocycles. The summed E-state index contributed by atoms with van der Waals surface area (Å²) in [7, 11) is 0. The van der Waals surface area contributed by atoms with E-state index in [1.165, 1.54) is 5.56 Å². The van der Waals surface area contributed by atoms with Gasteiger partial charge in [0.1, 0.15) is 11.4 Å². The number of rotatable bonds is 9. The molecule has 1 heterocycles. The SMILES string of the molecule is CCOC(=O)C1(c2ccc(-c3ccc(-c4onc(C)c4NC(=O)OCCc4ccc(C)cc4)cc3)cc2)CC1. The third kappa shape index (κ3) is 5.72. The van der Waals surface area contributed by atoms with Crippen molar-refractivity contribution in [3.05, 3.63) is 95.2 Å². The van der Waals surface area contributed by atoms with Gasteiger partial charge in [-0.2, -0.15) is 0 Å². The molecule has 200 valence electrons. The van der Waals surface area contributed by atoms with Crippen LogP contribution in [0.25, 0.3) is 22.5 Å². The van der Waals surface area contributed by atoms with Gasteiger partial charge < -0.3 is 14.0 Å². The number of carbonyl (C=O) groups excluding carboxylic acids is 2. The summed E-state index contributed by atoms with van der Waals surface area (Å²) in [5.41, 5.74) is 6.71. The first-order valence-corrected chi connectivity index (χ1v) is 13.2. The number of amides is 1. The number of aryl methyl sites for hydroxylation is 2. The van der Waals surface area contributed by atoms with Crippen LogP contribution in [0.15, 0.2) is 77.3 Å². The molecule has 0 spiro atoms. The number of carbonyl (C=O) groups is 2. The molecule has 3 aromatic carbocycles. The zero-order chi connectivity index (χ0) is 27.4. The summed E-state index contributed by atoms with van der Waals surface area (Å²) < 4.78 is 16.2. The second kappa shape index (κ2) is 11.2. The maximum Gasteiger partial charge on any atom is 0.411 e. The van der Waals surface area contributed by atoms with Crippen molar-refractivity contribution in [2.75, 3.05) is 18.5 Å².